The quantitative estimate of drug-likeness (QED) is 0.848. The van der Waals surface area contributed by atoms with Gasteiger partial charge in [-0.05, 0) is 24.6 Å². The number of thioether (sulfide) groups is 1. The Hall–Kier alpha value is -0.430. The molecule has 0 radical (unpaired) electrons. The van der Waals surface area contributed by atoms with Crippen LogP contribution in [0.1, 0.15) is 20.8 Å². The molecular formula is C10H17F3N2OS. The molecule has 1 fully saturated rings. The highest BCUT2D eigenvalue weighted by atomic mass is 32.2. The summed E-state index contributed by atoms with van der Waals surface area (Å²) in [6, 6.07) is -0.277. The van der Waals surface area contributed by atoms with E-state index in [4.69, 9.17) is 0 Å². The van der Waals surface area contributed by atoms with Gasteiger partial charge in [0.05, 0.1) is 12.2 Å². The van der Waals surface area contributed by atoms with Gasteiger partial charge in [0.25, 0.3) is 0 Å². The van der Waals surface area contributed by atoms with Crippen LogP contribution in [0.5, 0.6) is 0 Å². The van der Waals surface area contributed by atoms with Crippen LogP contribution in [-0.2, 0) is 4.79 Å². The van der Waals surface area contributed by atoms with E-state index in [1.807, 2.05) is 13.8 Å². The molecule has 0 saturated carbocycles. The van der Waals surface area contributed by atoms with Crippen molar-refractivity contribution in [3.05, 3.63) is 0 Å². The Balaban J connectivity index is 2.46. The molecule has 0 spiro atoms. The maximum atomic E-state index is 12.0. The van der Waals surface area contributed by atoms with Crippen molar-refractivity contribution in [1.82, 2.24) is 10.2 Å². The molecule has 0 aromatic rings. The first-order valence-corrected chi connectivity index (χ1v) is 6.48. The van der Waals surface area contributed by atoms with Crippen molar-refractivity contribution in [2.24, 2.45) is 5.92 Å². The lowest BCUT2D eigenvalue weighted by Crippen LogP contribution is -2.36. The van der Waals surface area contributed by atoms with Gasteiger partial charge in [-0.15, -0.1) is 0 Å². The summed E-state index contributed by atoms with van der Waals surface area (Å²) in [5.41, 5.74) is -4.23. The van der Waals surface area contributed by atoms with Gasteiger partial charge in [-0.25, -0.2) is 0 Å². The highest BCUT2D eigenvalue weighted by molar-refractivity contribution is 8.00. The second-order valence-corrected chi connectivity index (χ2v) is 5.55. The Morgan fingerprint density at radius 2 is 2.06 bits per heavy atom. The van der Waals surface area contributed by atoms with Crippen LogP contribution in [0.15, 0.2) is 0 Å². The molecule has 3 nitrogen and oxygen atoms in total. The topological polar surface area (TPSA) is 32.3 Å². The minimum atomic E-state index is -4.23. The maximum Gasteiger partial charge on any atom is 0.441 e. The van der Waals surface area contributed by atoms with E-state index in [1.54, 1.807) is 6.92 Å². The largest absolute Gasteiger partial charge is 0.441 e. The number of nitrogens with one attached hydrogen (secondary N) is 1. The van der Waals surface area contributed by atoms with Gasteiger partial charge in [0, 0.05) is 12.3 Å². The molecule has 7 heteroatoms. The number of carbonyl (C=O) groups is 1. The molecule has 1 amide bonds. The van der Waals surface area contributed by atoms with Crippen molar-refractivity contribution >= 4 is 17.7 Å². The van der Waals surface area contributed by atoms with Crippen molar-refractivity contribution < 1.29 is 18.0 Å². The number of carbonyl (C=O) groups excluding carboxylic acids is 1. The number of amides is 1. The van der Waals surface area contributed by atoms with Gasteiger partial charge >= 0.3 is 5.51 Å². The van der Waals surface area contributed by atoms with Gasteiger partial charge in [0.15, 0.2) is 0 Å². The van der Waals surface area contributed by atoms with Crippen molar-refractivity contribution in [3.63, 3.8) is 0 Å². The van der Waals surface area contributed by atoms with Crippen LogP contribution in [0.4, 0.5) is 13.2 Å². The lowest BCUT2D eigenvalue weighted by molar-refractivity contribution is -0.130. The molecule has 2 atom stereocenters. The fourth-order valence-electron chi connectivity index (χ4n) is 1.83. The highest BCUT2D eigenvalue weighted by Gasteiger charge is 2.38. The summed E-state index contributed by atoms with van der Waals surface area (Å²) < 4.78 is 35.9. The summed E-state index contributed by atoms with van der Waals surface area (Å²) in [6.07, 6.45) is -0.191. The normalized spacial score (nSPS) is 26.1. The Kier molecular flexibility index (Phi) is 4.71. The van der Waals surface area contributed by atoms with E-state index in [9.17, 15) is 18.0 Å². The molecular weight excluding hydrogens is 253 g/mol. The van der Waals surface area contributed by atoms with E-state index in [1.165, 1.54) is 4.90 Å². The van der Waals surface area contributed by atoms with Crippen molar-refractivity contribution in [1.29, 1.82) is 0 Å². The van der Waals surface area contributed by atoms with E-state index >= 15 is 0 Å². The predicted octanol–water partition coefficient (Wildman–Crippen LogP) is 2.04. The maximum absolute atomic E-state index is 12.0. The van der Waals surface area contributed by atoms with Crippen molar-refractivity contribution in [2.45, 2.75) is 38.5 Å². The van der Waals surface area contributed by atoms with Gasteiger partial charge in [0.1, 0.15) is 0 Å². The second-order valence-electron chi connectivity index (χ2n) is 4.39. The number of halogens is 3. The highest BCUT2D eigenvalue weighted by Crippen LogP contribution is 2.30. The summed E-state index contributed by atoms with van der Waals surface area (Å²) in [7, 11) is 0. The molecule has 0 aromatic carbocycles. The minimum absolute atomic E-state index is 0.0876. The number of nitrogens with zero attached hydrogens (tertiary/aromatic N) is 1. The molecule has 0 aromatic heterocycles. The van der Waals surface area contributed by atoms with Crippen molar-refractivity contribution in [3.8, 4) is 0 Å². The fourth-order valence-corrected chi connectivity index (χ4v) is 2.35. The third-order valence-electron chi connectivity index (χ3n) is 2.70. The lowest BCUT2D eigenvalue weighted by atomic mass is 10.1. The number of alkyl halides is 3. The first-order chi connectivity index (χ1) is 7.72. The molecule has 2 unspecified atom stereocenters. The second kappa shape index (κ2) is 5.48. The minimum Gasteiger partial charge on any atom is -0.325 e. The lowest BCUT2D eigenvalue weighted by Gasteiger charge is -2.20. The smallest absolute Gasteiger partial charge is 0.325 e. The molecule has 1 heterocycles. The number of hydrogen-bond acceptors (Lipinski definition) is 3. The zero-order valence-corrected chi connectivity index (χ0v) is 10.9. The Bertz CT molecular complexity index is 283. The number of hydrogen-bond donors (Lipinski definition) is 1. The molecule has 17 heavy (non-hydrogen) atoms. The zero-order valence-electron chi connectivity index (χ0n) is 10.0. The van der Waals surface area contributed by atoms with Crippen LogP contribution in [0, 0.1) is 5.92 Å². The Morgan fingerprint density at radius 3 is 2.47 bits per heavy atom. The molecule has 0 aliphatic carbocycles. The molecule has 1 rings (SSSR count). The fraction of sp³-hybridized carbons (Fsp3) is 0.900. The van der Waals surface area contributed by atoms with Crippen LogP contribution in [0.25, 0.3) is 0 Å². The van der Waals surface area contributed by atoms with E-state index in [2.05, 4.69) is 5.32 Å². The average molecular weight is 270 g/mol. The molecule has 0 bridgehead atoms. The van der Waals surface area contributed by atoms with Gasteiger partial charge in [-0.1, -0.05) is 13.8 Å². The summed E-state index contributed by atoms with van der Waals surface area (Å²) in [4.78, 5) is 13.4. The van der Waals surface area contributed by atoms with Crippen LogP contribution < -0.4 is 5.32 Å². The Labute approximate surface area is 103 Å². The summed E-state index contributed by atoms with van der Waals surface area (Å²) in [5, 5.41) is 3.09. The standard InChI is InChI=1S/C10H17F3N2OS/c1-6(2)8-9(16)15(7(3)14-8)4-5-17-10(11,12)13/h6-8,14H,4-5H2,1-3H3. The average Bonchev–Trinajstić information content (AvgIpc) is 2.43. The van der Waals surface area contributed by atoms with Crippen LogP contribution >= 0.6 is 11.8 Å². The van der Waals surface area contributed by atoms with Crippen molar-refractivity contribution in [2.75, 3.05) is 12.3 Å². The van der Waals surface area contributed by atoms with Crippen LogP contribution in [0.2, 0.25) is 0 Å². The summed E-state index contributed by atoms with van der Waals surface area (Å²) in [6.45, 7) is 5.74. The molecule has 1 saturated heterocycles. The third kappa shape index (κ3) is 4.06. The Morgan fingerprint density at radius 1 is 1.47 bits per heavy atom. The summed E-state index contributed by atoms with van der Waals surface area (Å²) >= 11 is -0.0876. The van der Waals surface area contributed by atoms with Gasteiger partial charge < -0.3 is 4.90 Å². The first-order valence-electron chi connectivity index (χ1n) is 5.49. The van der Waals surface area contributed by atoms with Crippen LogP contribution in [-0.4, -0.2) is 40.8 Å². The zero-order chi connectivity index (χ0) is 13.2. The van der Waals surface area contributed by atoms with Gasteiger partial charge in [-0.3, -0.25) is 10.1 Å². The summed E-state index contributed by atoms with van der Waals surface area (Å²) in [5.74, 6) is -0.0768. The van der Waals surface area contributed by atoms with E-state index < -0.39 is 5.51 Å². The third-order valence-corrected chi connectivity index (χ3v) is 3.42. The molecule has 1 N–H and O–H groups in total. The van der Waals surface area contributed by atoms with Crippen LogP contribution in [0.3, 0.4) is 0 Å². The van der Waals surface area contributed by atoms with Gasteiger partial charge in [0.2, 0.25) is 5.91 Å². The molecule has 1 aliphatic heterocycles. The van der Waals surface area contributed by atoms with E-state index in [0.29, 0.717) is 0 Å². The number of rotatable bonds is 4. The predicted molar refractivity (Wildman–Crippen MR) is 61.4 cm³/mol. The molecule has 100 valence electrons. The molecule has 1 aliphatic rings. The van der Waals surface area contributed by atoms with Gasteiger partial charge in [-0.2, -0.15) is 13.2 Å². The first kappa shape index (κ1) is 14.6. The monoisotopic (exact) mass is 270 g/mol. The SMILES string of the molecule is CC(C)C1NC(C)N(CCSC(F)(F)F)C1=O. The van der Waals surface area contributed by atoms with E-state index in [-0.39, 0.29) is 48.1 Å². The van der Waals surface area contributed by atoms with E-state index in [0.717, 1.165) is 0 Å².